The molecule has 2 aromatic rings. The lowest BCUT2D eigenvalue weighted by Crippen LogP contribution is -2.19. The molecule has 0 atom stereocenters. The van der Waals surface area contributed by atoms with Crippen LogP contribution in [-0.4, -0.2) is 28.2 Å². The van der Waals surface area contributed by atoms with Gasteiger partial charge < -0.3 is 15.2 Å². The number of non-ortho nitro benzene ring substituents is 1. The van der Waals surface area contributed by atoms with E-state index >= 15 is 0 Å². The molecule has 2 N–H and O–H groups in total. The van der Waals surface area contributed by atoms with Crippen molar-refractivity contribution in [2.75, 3.05) is 7.11 Å². The smallest absolute Gasteiger partial charge is 0.271 e. The Hall–Kier alpha value is -2.85. The molecule has 0 aromatic heterocycles. The first-order valence-electron chi connectivity index (χ1n) is 7.48. The molecular weight excluding hydrogens is 438 g/mol. The standard InChI is InChI=1S/C17H12BrN3O5S/c1-26-12-4-2-10(3-5-12)19-17-20-16(23)14(27-17)7-9-6-11(21(24)25)8-13(18)15(9)22/h2-8,22H,1H3,(H,19,20,23)/b14-7+. The fourth-order valence-corrected chi connectivity index (χ4v) is 3.51. The summed E-state index contributed by atoms with van der Waals surface area (Å²) in [5.41, 5.74) is 0.572. The van der Waals surface area contributed by atoms with Crippen molar-refractivity contribution in [3.63, 3.8) is 0 Å². The number of rotatable bonds is 4. The van der Waals surface area contributed by atoms with E-state index in [0.717, 1.165) is 11.8 Å². The first kappa shape index (κ1) is 18.9. The summed E-state index contributed by atoms with van der Waals surface area (Å²) < 4.78 is 5.24. The molecule has 0 bridgehead atoms. The average Bonchev–Trinajstić information content (AvgIpc) is 2.98. The van der Waals surface area contributed by atoms with Crippen LogP contribution in [0.1, 0.15) is 5.56 Å². The Kier molecular flexibility index (Phi) is 5.47. The van der Waals surface area contributed by atoms with E-state index in [4.69, 9.17) is 4.74 Å². The van der Waals surface area contributed by atoms with Crippen LogP contribution >= 0.6 is 27.7 Å². The molecule has 0 saturated carbocycles. The SMILES string of the molecule is COc1ccc(N=C2NC(=O)/C(=C\c3cc([N+](=O)[O-])cc(Br)c3O)S2)cc1. The Morgan fingerprint density at radius 1 is 1.33 bits per heavy atom. The molecule has 1 saturated heterocycles. The van der Waals surface area contributed by atoms with Gasteiger partial charge in [-0.25, -0.2) is 4.99 Å². The van der Waals surface area contributed by atoms with E-state index in [1.54, 1.807) is 31.4 Å². The number of nitrogens with zero attached hydrogens (tertiary/aromatic N) is 2. The summed E-state index contributed by atoms with van der Waals surface area (Å²) in [4.78, 5) is 27.2. The van der Waals surface area contributed by atoms with Gasteiger partial charge in [0.05, 0.1) is 27.1 Å². The van der Waals surface area contributed by atoms with Gasteiger partial charge in [-0.2, -0.15) is 0 Å². The highest BCUT2D eigenvalue weighted by molar-refractivity contribution is 9.10. The van der Waals surface area contributed by atoms with Gasteiger partial charge in [-0.15, -0.1) is 0 Å². The van der Waals surface area contributed by atoms with Gasteiger partial charge in [0.25, 0.3) is 11.6 Å². The second-order valence-electron chi connectivity index (χ2n) is 5.30. The Morgan fingerprint density at radius 3 is 2.67 bits per heavy atom. The van der Waals surface area contributed by atoms with Crippen molar-refractivity contribution in [3.05, 3.63) is 61.5 Å². The number of benzene rings is 2. The predicted molar refractivity (Wildman–Crippen MR) is 106 cm³/mol. The maximum absolute atomic E-state index is 12.2. The number of phenols is 1. The van der Waals surface area contributed by atoms with Crippen molar-refractivity contribution < 1.29 is 19.6 Å². The molecular formula is C17H12BrN3O5S. The number of phenolic OH excluding ortho intramolecular Hbond substituents is 1. The molecule has 0 aliphatic carbocycles. The number of carbonyl (C=O) groups excluding carboxylic acids is 1. The van der Waals surface area contributed by atoms with E-state index in [0.29, 0.717) is 16.6 Å². The van der Waals surface area contributed by atoms with Crippen LogP contribution in [0.2, 0.25) is 0 Å². The Morgan fingerprint density at radius 2 is 2.04 bits per heavy atom. The lowest BCUT2D eigenvalue weighted by molar-refractivity contribution is -0.385. The Labute approximate surface area is 166 Å². The zero-order valence-corrected chi connectivity index (χ0v) is 16.2. The number of aromatic hydroxyl groups is 1. The van der Waals surface area contributed by atoms with E-state index < -0.39 is 10.8 Å². The minimum absolute atomic E-state index is 0.152. The number of amides is 1. The normalized spacial score (nSPS) is 16.6. The van der Waals surface area contributed by atoms with Crippen molar-refractivity contribution in [2.24, 2.45) is 4.99 Å². The third-order valence-electron chi connectivity index (χ3n) is 3.53. The number of amidine groups is 1. The largest absolute Gasteiger partial charge is 0.506 e. The number of nitro groups is 1. The van der Waals surface area contributed by atoms with Gasteiger partial charge in [0.1, 0.15) is 11.5 Å². The Balaban J connectivity index is 1.89. The van der Waals surface area contributed by atoms with E-state index in [-0.39, 0.29) is 26.4 Å². The molecule has 8 nitrogen and oxygen atoms in total. The number of nitro benzene ring substituents is 1. The second-order valence-corrected chi connectivity index (χ2v) is 7.19. The number of hydrogen-bond donors (Lipinski definition) is 2. The van der Waals surface area contributed by atoms with Gasteiger partial charge in [0, 0.05) is 17.7 Å². The lowest BCUT2D eigenvalue weighted by atomic mass is 10.1. The second kappa shape index (κ2) is 7.80. The predicted octanol–water partition coefficient (Wildman–Crippen LogP) is 3.96. The molecule has 2 aromatic carbocycles. The van der Waals surface area contributed by atoms with Crippen molar-refractivity contribution >= 4 is 56.2 Å². The van der Waals surface area contributed by atoms with Gasteiger partial charge in [-0.05, 0) is 58.0 Å². The van der Waals surface area contributed by atoms with E-state index in [1.807, 2.05) is 0 Å². The third kappa shape index (κ3) is 4.29. The molecule has 1 amide bonds. The number of thioether (sulfide) groups is 1. The highest BCUT2D eigenvalue weighted by Crippen LogP contribution is 2.36. The fourth-order valence-electron chi connectivity index (χ4n) is 2.22. The molecule has 3 rings (SSSR count). The van der Waals surface area contributed by atoms with E-state index in [2.05, 4.69) is 26.2 Å². The minimum Gasteiger partial charge on any atom is -0.506 e. The van der Waals surface area contributed by atoms with Crippen LogP contribution in [0.4, 0.5) is 11.4 Å². The van der Waals surface area contributed by atoms with Gasteiger partial charge in [-0.3, -0.25) is 14.9 Å². The lowest BCUT2D eigenvalue weighted by Gasteiger charge is -2.03. The highest BCUT2D eigenvalue weighted by atomic mass is 79.9. The highest BCUT2D eigenvalue weighted by Gasteiger charge is 2.25. The number of methoxy groups -OCH3 is 1. The first-order chi connectivity index (χ1) is 12.9. The zero-order chi connectivity index (χ0) is 19.6. The molecule has 1 heterocycles. The summed E-state index contributed by atoms with van der Waals surface area (Å²) in [6, 6.07) is 9.36. The van der Waals surface area contributed by atoms with Crippen LogP contribution in [0, 0.1) is 10.1 Å². The molecule has 1 fully saturated rings. The quantitative estimate of drug-likeness (QED) is 0.414. The van der Waals surface area contributed by atoms with Crippen LogP contribution in [0.5, 0.6) is 11.5 Å². The van der Waals surface area contributed by atoms with Crippen molar-refractivity contribution in [2.45, 2.75) is 0 Å². The molecule has 0 radical (unpaired) electrons. The van der Waals surface area contributed by atoms with Gasteiger partial charge in [-0.1, -0.05) is 0 Å². The minimum atomic E-state index is -0.579. The molecule has 1 aliphatic heterocycles. The molecule has 0 unspecified atom stereocenters. The number of hydrogen-bond acceptors (Lipinski definition) is 7. The number of carbonyl (C=O) groups is 1. The summed E-state index contributed by atoms with van der Waals surface area (Å²) in [6.45, 7) is 0. The summed E-state index contributed by atoms with van der Waals surface area (Å²) in [7, 11) is 1.56. The molecule has 1 aliphatic rings. The van der Waals surface area contributed by atoms with E-state index in [9.17, 15) is 20.0 Å². The van der Waals surface area contributed by atoms with Crippen LogP contribution in [0.15, 0.2) is 50.8 Å². The van der Waals surface area contributed by atoms with Gasteiger partial charge in [0.2, 0.25) is 0 Å². The number of ether oxygens (including phenoxy) is 1. The summed E-state index contributed by atoms with van der Waals surface area (Å²) >= 11 is 4.14. The van der Waals surface area contributed by atoms with Crippen molar-refractivity contribution in [3.8, 4) is 11.5 Å². The number of halogens is 1. The molecule has 138 valence electrons. The summed E-state index contributed by atoms with van der Waals surface area (Å²) in [6.07, 6.45) is 1.38. The topological polar surface area (TPSA) is 114 Å². The fraction of sp³-hybridized carbons (Fsp3) is 0.0588. The van der Waals surface area contributed by atoms with Gasteiger partial charge in [0.15, 0.2) is 5.17 Å². The molecule has 0 spiro atoms. The van der Waals surface area contributed by atoms with Crippen LogP contribution < -0.4 is 10.1 Å². The third-order valence-corrected chi connectivity index (χ3v) is 5.04. The Bertz CT molecular complexity index is 989. The first-order valence-corrected chi connectivity index (χ1v) is 9.09. The number of aliphatic imine (C=N–C) groups is 1. The summed E-state index contributed by atoms with van der Waals surface area (Å²) in [5.74, 6) is 0.0886. The van der Waals surface area contributed by atoms with E-state index in [1.165, 1.54) is 18.2 Å². The van der Waals surface area contributed by atoms with Crippen LogP contribution in [0.25, 0.3) is 6.08 Å². The zero-order valence-electron chi connectivity index (χ0n) is 13.8. The molecule has 10 heteroatoms. The van der Waals surface area contributed by atoms with Crippen LogP contribution in [-0.2, 0) is 4.79 Å². The summed E-state index contributed by atoms with van der Waals surface area (Å²) in [5, 5.41) is 24.1. The maximum Gasteiger partial charge on any atom is 0.271 e. The number of nitrogens with one attached hydrogen (secondary N) is 1. The van der Waals surface area contributed by atoms with Crippen molar-refractivity contribution in [1.82, 2.24) is 5.32 Å². The molecule has 27 heavy (non-hydrogen) atoms. The van der Waals surface area contributed by atoms with Crippen molar-refractivity contribution in [1.29, 1.82) is 0 Å². The van der Waals surface area contributed by atoms with Gasteiger partial charge >= 0.3 is 0 Å². The maximum atomic E-state index is 12.2. The average molecular weight is 450 g/mol. The van der Waals surface area contributed by atoms with Crippen LogP contribution in [0.3, 0.4) is 0 Å². The monoisotopic (exact) mass is 449 g/mol.